The fraction of sp³-hybridized carbons (Fsp3) is 0.222. The second-order valence-corrected chi connectivity index (χ2v) is 5.60. The molecule has 1 atom stereocenters. The number of fused-ring (bicyclic) bond motifs is 1. The molecule has 3 rings (SSSR count). The molecule has 2 aromatic rings. The number of aliphatic imine (C=N–C) groups is 1. The number of benzene rings is 2. The van der Waals surface area contributed by atoms with Crippen molar-refractivity contribution in [3.63, 3.8) is 0 Å². The highest BCUT2D eigenvalue weighted by Gasteiger charge is 2.25. The van der Waals surface area contributed by atoms with Gasteiger partial charge in [0.1, 0.15) is 0 Å². The van der Waals surface area contributed by atoms with Crippen LogP contribution in [0.1, 0.15) is 25.0 Å². The van der Waals surface area contributed by atoms with Gasteiger partial charge >= 0.3 is 0 Å². The van der Waals surface area contributed by atoms with Gasteiger partial charge in [0.2, 0.25) is 0 Å². The molecule has 0 saturated heterocycles. The molecule has 112 valence electrons. The number of amides is 1. The van der Waals surface area contributed by atoms with Gasteiger partial charge in [0.25, 0.3) is 5.91 Å². The molecule has 0 radical (unpaired) electrons. The van der Waals surface area contributed by atoms with Crippen LogP contribution in [0.4, 0.5) is 5.69 Å². The van der Waals surface area contributed by atoms with E-state index in [4.69, 9.17) is 4.99 Å². The van der Waals surface area contributed by atoms with Crippen LogP contribution in [0.15, 0.2) is 59.6 Å². The summed E-state index contributed by atoms with van der Waals surface area (Å²) in [4.78, 5) is 17.1. The zero-order valence-corrected chi connectivity index (χ0v) is 12.7. The number of carbonyl (C=O) groups excluding carboxylic acids is 1. The first-order valence-electron chi connectivity index (χ1n) is 7.44. The van der Waals surface area contributed by atoms with Crippen LogP contribution in [0, 0.1) is 0 Å². The summed E-state index contributed by atoms with van der Waals surface area (Å²) in [6.07, 6.45) is -0.595. The van der Waals surface area contributed by atoms with Crippen molar-refractivity contribution in [1.29, 1.82) is 0 Å². The Bertz CT molecular complexity index is 707. The monoisotopic (exact) mass is 293 g/mol. The molecule has 0 saturated carbocycles. The molecule has 1 heterocycles. The van der Waals surface area contributed by atoms with Crippen LogP contribution in [0.2, 0.25) is 0 Å². The summed E-state index contributed by atoms with van der Waals surface area (Å²) in [6.45, 7) is 4.01. The van der Waals surface area contributed by atoms with E-state index >= 15 is 0 Å². The van der Waals surface area contributed by atoms with E-state index in [0.29, 0.717) is 0 Å². The Labute approximate surface area is 130 Å². The Kier molecular flexibility index (Phi) is 4.02. The van der Waals surface area contributed by atoms with Gasteiger partial charge < -0.3 is 5.32 Å². The van der Waals surface area contributed by atoms with Crippen LogP contribution in [0.5, 0.6) is 0 Å². The Morgan fingerprint density at radius 2 is 1.73 bits per heavy atom. The van der Waals surface area contributed by atoms with Gasteiger partial charge in [-0.15, -0.1) is 0 Å². The Morgan fingerprint density at radius 1 is 1.05 bits per heavy atom. The molecule has 4 heteroatoms. The van der Waals surface area contributed by atoms with Crippen LogP contribution in [0.25, 0.3) is 0 Å². The summed E-state index contributed by atoms with van der Waals surface area (Å²) in [6, 6.07) is 17.9. The minimum atomic E-state index is -0.595. The molecule has 0 fully saturated rings. The first-order chi connectivity index (χ1) is 10.6. The first kappa shape index (κ1) is 14.5. The van der Waals surface area contributed by atoms with Crippen molar-refractivity contribution >= 4 is 17.3 Å². The predicted octanol–water partition coefficient (Wildman–Crippen LogP) is 2.80. The minimum Gasteiger partial charge on any atom is -0.322 e. The number of para-hydroxylation sites is 1. The second-order valence-electron chi connectivity index (χ2n) is 5.60. The molecule has 0 spiro atoms. The van der Waals surface area contributed by atoms with Gasteiger partial charge in [-0.3, -0.25) is 15.1 Å². The predicted molar refractivity (Wildman–Crippen MR) is 89.2 cm³/mol. The number of hydrogen-bond donors (Lipinski definition) is 2. The molecule has 1 amide bonds. The van der Waals surface area contributed by atoms with E-state index in [1.807, 2.05) is 68.4 Å². The summed E-state index contributed by atoms with van der Waals surface area (Å²) < 4.78 is 0. The summed E-state index contributed by atoms with van der Waals surface area (Å²) in [5, 5.41) is 6.17. The van der Waals surface area contributed by atoms with Crippen LogP contribution in [-0.4, -0.2) is 23.8 Å². The van der Waals surface area contributed by atoms with Gasteiger partial charge in [-0.2, -0.15) is 0 Å². The second kappa shape index (κ2) is 6.12. The topological polar surface area (TPSA) is 53.5 Å². The normalized spacial score (nSPS) is 17.5. The van der Waals surface area contributed by atoms with Gasteiger partial charge in [0.15, 0.2) is 6.17 Å². The highest BCUT2D eigenvalue weighted by Crippen LogP contribution is 2.23. The minimum absolute atomic E-state index is 0.132. The van der Waals surface area contributed by atoms with Gasteiger partial charge in [0.05, 0.1) is 11.4 Å². The number of hydrogen-bond acceptors (Lipinski definition) is 3. The molecule has 1 aliphatic heterocycles. The van der Waals surface area contributed by atoms with E-state index < -0.39 is 6.17 Å². The van der Waals surface area contributed by atoms with Crippen LogP contribution >= 0.6 is 0 Å². The number of carbonyl (C=O) groups is 1. The van der Waals surface area contributed by atoms with E-state index in [1.54, 1.807) is 0 Å². The molecule has 4 nitrogen and oxygen atoms in total. The summed E-state index contributed by atoms with van der Waals surface area (Å²) in [5.41, 5.74) is 3.56. The average Bonchev–Trinajstić information content (AvgIpc) is 2.65. The van der Waals surface area contributed by atoms with Crippen molar-refractivity contribution in [2.45, 2.75) is 26.1 Å². The van der Waals surface area contributed by atoms with Crippen LogP contribution < -0.4 is 10.6 Å². The molecule has 1 aliphatic rings. The highest BCUT2D eigenvalue weighted by atomic mass is 16.2. The Morgan fingerprint density at radius 3 is 2.45 bits per heavy atom. The Balaban J connectivity index is 2.13. The van der Waals surface area contributed by atoms with Crippen LogP contribution in [-0.2, 0) is 4.79 Å². The maximum Gasteiger partial charge on any atom is 0.263 e. The van der Waals surface area contributed by atoms with Crippen LogP contribution in [0.3, 0.4) is 0 Å². The standard InChI is InChI=1S/C18H19N3O/c1-12(2)19-17-18(22)20-15-11-7-6-10-14(15)16(21-17)13-8-4-3-5-9-13/h3-12,17,19H,1-2H3,(H,20,22). The number of nitrogens with zero attached hydrogens (tertiary/aromatic N) is 1. The third kappa shape index (κ3) is 2.92. The molecule has 0 bridgehead atoms. The number of nitrogens with one attached hydrogen (secondary N) is 2. The molecule has 0 aliphatic carbocycles. The third-order valence-electron chi connectivity index (χ3n) is 3.49. The molecule has 0 aromatic heterocycles. The van der Waals surface area contributed by atoms with Crippen molar-refractivity contribution in [3.8, 4) is 0 Å². The number of benzodiazepines with no additional fused rings is 1. The summed E-state index contributed by atoms with van der Waals surface area (Å²) >= 11 is 0. The van der Waals surface area contributed by atoms with Crippen molar-refractivity contribution in [2.75, 3.05) is 5.32 Å². The highest BCUT2D eigenvalue weighted by molar-refractivity contribution is 6.19. The van der Waals surface area contributed by atoms with E-state index in [2.05, 4.69) is 10.6 Å². The molecule has 2 N–H and O–H groups in total. The van der Waals surface area contributed by atoms with Crippen molar-refractivity contribution in [1.82, 2.24) is 5.32 Å². The Hall–Kier alpha value is -2.46. The average molecular weight is 293 g/mol. The third-order valence-corrected chi connectivity index (χ3v) is 3.49. The molecule has 1 unspecified atom stereocenters. The summed E-state index contributed by atoms with van der Waals surface area (Å²) in [7, 11) is 0. The van der Waals surface area contributed by atoms with E-state index in [-0.39, 0.29) is 11.9 Å². The van der Waals surface area contributed by atoms with E-state index in [9.17, 15) is 4.79 Å². The molecule has 22 heavy (non-hydrogen) atoms. The zero-order chi connectivity index (χ0) is 15.5. The van der Waals surface area contributed by atoms with Gasteiger partial charge in [-0.1, -0.05) is 48.5 Å². The van der Waals surface area contributed by atoms with E-state index in [0.717, 1.165) is 22.5 Å². The SMILES string of the molecule is CC(C)NC1N=C(c2ccccc2)c2ccccc2NC1=O. The lowest BCUT2D eigenvalue weighted by Gasteiger charge is -2.15. The quantitative estimate of drug-likeness (QED) is 0.914. The van der Waals surface area contributed by atoms with Gasteiger partial charge in [-0.05, 0) is 19.9 Å². The smallest absolute Gasteiger partial charge is 0.263 e. The van der Waals surface area contributed by atoms with Gasteiger partial charge in [0, 0.05) is 17.2 Å². The fourth-order valence-electron chi connectivity index (χ4n) is 2.51. The molecule has 2 aromatic carbocycles. The van der Waals surface area contributed by atoms with Crippen molar-refractivity contribution < 1.29 is 4.79 Å². The van der Waals surface area contributed by atoms with E-state index in [1.165, 1.54) is 0 Å². The lowest BCUT2D eigenvalue weighted by molar-refractivity contribution is -0.118. The zero-order valence-electron chi connectivity index (χ0n) is 12.7. The fourth-order valence-corrected chi connectivity index (χ4v) is 2.51. The maximum atomic E-state index is 12.4. The largest absolute Gasteiger partial charge is 0.322 e. The molecular weight excluding hydrogens is 274 g/mol. The van der Waals surface area contributed by atoms with Crippen molar-refractivity contribution in [3.05, 3.63) is 65.7 Å². The first-order valence-corrected chi connectivity index (χ1v) is 7.44. The maximum absolute atomic E-state index is 12.4. The lowest BCUT2D eigenvalue weighted by atomic mass is 10.0. The number of anilines is 1. The summed E-state index contributed by atoms with van der Waals surface area (Å²) in [5.74, 6) is -0.132. The van der Waals surface area contributed by atoms with Crippen molar-refractivity contribution in [2.24, 2.45) is 4.99 Å². The number of rotatable bonds is 3. The lowest BCUT2D eigenvalue weighted by Crippen LogP contribution is -2.42. The molecular formula is C18H19N3O. The van der Waals surface area contributed by atoms with Gasteiger partial charge in [-0.25, -0.2) is 0 Å².